The van der Waals surface area contributed by atoms with E-state index in [1.165, 1.54) is 6.92 Å². The number of alkyl halides is 2. The molecule has 0 N–H and O–H groups in total. The predicted molar refractivity (Wildman–Crippen MR) is 62.0 cm³/mol. The fraction of sp³-hybridized carbons (Fsp3) is 0.556. The first kappa shape index (κ1) is 12.1. The highest BCUT2D eigenvalue weighted by Gasteiger charge is 2.43. The molecule has 0 saturated carbocycles. The Kier molecular flexibility index (Phi) is 3.11. The zero-order valence-electron chi connectivity index (χ0n) is 8.41. The highest BCUT2D eigenvalue weighted by molar-refractivity contribution is 8.00. The van der Waals surface area contributed by atoms with E-state index in [0.29, 0.717) is 17.7 Å². The third-order valence-corrected chi connectivity index (χ3v) is 4.22. The fourth-order valence-corrected chi connectivity index (χ4v) is 3.35. The maximum Gasteiger partial charge on any atom is 0.305 e. The van der Waals surface area contributed by atoms with E-state index in [0.717, 1.165) is 0 Å². The van der Waals surface area contributed by atoms with Gasteiger partial charge in [0, 0.05) is 24.4 Å². The molecule has 88 valence electrons. The van der Waals surface area contributed by atoms with Gasteiger partial charge in [0.15, 0.2) is 0 Å². The molecule has 0 aliphatic carbocycles. The Bertz CT molecular complexity index is 383. The van der Waals surface area contributed by atoms with E-state index in [9.17, 15) is 9.59 Å². The summed E-state index contributed by atoms with van der Waals surface area (Å²) in [5.74, 6) is 0.0176. The van der Waals surface area contributed by atoms with Gasteiger partial charge in [-0.15, -0.1) is 11.8 Å². The van der Waals surface area contributed by atoms with Gasteiger partial charge >= 0.3 is 5.97 Å². The van der Waals surface area contributed by atoms with Gasteiger partial charge in [0.25, 0.3) is 4.52 Å². The number of nitrogens with zero attached hydrogens (tertiary/aromatic N) is 1. The van der Waals surface area contributed by atoms with Crippen LogP contribution in [0.2, 0.25) is 0 Å². The number of rotatable bonds is 2. The van der Waals surface area contributed by atoms with Crippen molar-refractivity contribution in [1.29, 1.82) is 0 Å². The summed E-state index contributed by atoms with van der Waals surface area (Å²) in [7, 11) is 0. The second-order valence-electron chi connectivity index (χ2n) is 3.54. The monoisotopic (exact) mass is 281 g/mol. The van der Waals surface area contributed by atoms with Crippen molar-refractivity contribution in [3.8, 4) is 0 Å². The van der Waals surface area contributed by atoms with Crippen LogP contribution in [0.5, 0.6) is 0 Å². The fourth-order valence-electron chi connectivity index (χ4n) is 1.49. The molecule has 2 aliphatic heterocycles. The van der Waals surface area contributed by atoms with Crippen LogP contribution in [0.25, 0.3) is 0 Å². The number of hydrogen-bond acceptors (Lipinski definition) is 4. The summed E-state index contributed by atoms with van der Waals surface area (Å²) < 4.78 is 3.11. The number of thioether (sulfide) groups is 1. The second kappa shape index (κ2) is 4.13. The Balaban J connectivity index is 2.15. The number of amides is 1. The molecule has 4 nitrogen and oxygen atoms in total. The number of fused-ring (bicyclic) bond motifs is 1. The Morgan fingerprint density at radius 1 is 1.69 bits per heavy atom. The highest BCUT2D eigenvalue weighted by Crippen LogP contribution is 2.42. The number of β-lactam (4-membered cyclic amide) rings is 1. The predicted octanol–water partition coefficient (Wildman–Crippen LogP) is 1.87. The number of halogens is 2. The molecule has 7 heteroatoms. The summed E-state index contributed by atoms with van der Waals surface area (Å²) >= 11 is 13.4. The average Bonchev–Trinajstić information content (AvgIpc) is 2.14. The van der Waals surface area contributed by atoms with E-state index in [1.54, 1.807) is 22.9 Å². The zero-order valence-corrected chi connectivity index (χ0v) is 10.7. The summed E-state index contributed by atoms with van der Waals surface area (Å²) in [5.41, 5.74) is 0.514. The lowest BCUT2D eigenvalue weighted by Crippen LogP contribution is -2.50. The van der Waals surface area contributed by atoms with Crippen molar-refractivity contribution in [3.63, 3.8) is 0 Å². The van der Waals surface area contributed by atoms with Gasteiger partial charge in [-0.05, 0) is 0 Å². The van der Waals surface area contributed by atoms with Crippen LogP contribution >= 0.6 is 35.0 Å². The first-order chi connectivity index (χ1) is 7.40. The maximum absolute atomic E-state index is 11.2. The van der Waals surface area contributed by atoms with Crippen LogP contribution in [0.1, 0.15) is 13.3 Å². The van der Waals surface area contributed by atoms with Crippen molar-refractivity contribution < 1.29 is 14.3 Å². The number of esters is 1. The molecule has 0 aromatic carbocycles. The summed E-state index contributed by atoms with van der Waals surface area (Å²) in [4.78, 5) is 23.6. The molecule has 0 unspecified atom stereocenters. The van der Waals surface area contributed by atoms with Crippen LogP contribution in [0, 0.1) is 0 Å². The van der Waals surface area contributed by atoms with Gasteiger partial charge in [-0.3, -0.25) is 9.59 Å². The molecule has 2 aliphatic rings. The maximum atomic E-state index is 11.2. The summed E-state index contributed by atoms with van der Waals surface area (Å²) in [6.45, 7) is 1.23. The summed E-state index contributed by atoms with van der Waals surface area (Å²) in [6, 6.07) is 0. The minimum atomic E-state index is -1.68. The molecule has 0 aromatic heterocycles. The van der Waals surface area contributed by atoms with Gasteiger partial charge in [0.2, 0.25) is 5.91 Å². The van der Waals surface area contributed by atoms with Crippen LogP contribution < -0.4 is 0 Å². The molecule has 1 fully saturated rings. The molecule has 0 spiro atoms. The van der Waals surface area contributed by atoms with Crippen molar-refractivity contribution in [2.45, 2.75) is 23.2 Å². The van der Waals surface area contributed by atoms with Crippen molar-refractivity contribution in [1.82, 2.24) is 4.90 Å². The minimum Gasteiger partial charge on any atom is -0.425 e. The number of carbonyl (C=O) groups excluding carboxylic acids is 2. The van der Waals surface area contributed by atoms with Crippen molar-refractivity contribution >= 4 is 46.8 Å². The van der Waals surface area contributed by atoms with E-state index in [4.69, 9.17) is 27.9 Å². The smallest absolute Gasteiger partial charge is 0.305 e. The molecular weight excluding hydrogens is 273 g/mol. The SMILES string of the molecule is CC(=O)OC(Cl)(Cl)C1=CN2C(=O)C[C@@H]2SC1. The number of ether oxygens (including phenoxy) is 1. The molecule has 1 atom stereocenters. The lowest BCUT2D eigenvalue weighted by Gasteiger charge is -2.42. The van der Waals surface area contributed by atoms with E-state index >= 15 is 0 Å². The lowest BCUT2D eigenvalue weighted by atomic mass is 10.2. The molecule has 1 saturated heterocycles. The molecule has 1 amide bonds. The van der Waals surface area contributed by atoms with E-state index in [-0.39, 0.29) is 11.3 Å². The van der Waals surface area contributed by atoms with Gasteiger partial charge < -0.3 is 9.64 Å². The van der Waals surface area contributed by atoms with Gasteiger partial charge in [-0.2, -0.15) is 0 Å². The second-order valence-corrected chi connectivity index (χ2v) is 5.96. The molecule has 0 radical (unpaired) electrons. The van der Waals surface area contributed by atoms with Gasteiger partial charge in [-0.1, -0.05) is 23.2 Å². The molecule has 0 bridgehead atoms. The van der Waals surface area contributed by atoms with Gasteiger partial charge in [0.1, 0.15) is 0 Å². The topological polar surface area (TPSA) is 46.6 Å². The lowest BCUT2D eigenvalue weighted by molar-refractivity contribution is -0.143. The Morgan fingerprint density at radius 2 is 2.38 bits per heavy atom. The summed E-state index contributed by atoms with van der Waals surface area (Å²) in [5, 5.41) is 0.178. The molecule has 16 heavy (non-hydrogen) atoms. The minimum absolute atomic E-state index is 0.0293. The highest BCUT2D eigenvalue weighted by atomic mass is 35.5. The third-order valence-electron chi connectivity index (χ3n) is 2.32. The van der Waals surface area contributed by atoms with Crippen LogP contribution in [0.15, 0.2) is 11.8 Å². The Morgan fingerprint density at radius 3 is 2.94 bits per heavy atom. The zero-order chi connectivity index (χ0) is 11.9. The Labute approximate surface area is 107 Å². The molecule has 0 aromatic rings. The van der Waals surface area contributed by atoms with Crippen LogP contribution in [-0.4, -0.2) is 32.4 Å². The van der Waals surface area contributed by atoms with Crippen LogP contribution in [0.4, 0.5) is 0 Å². The van der Waals surface area contributed by atoms with Crippen molar-refractivity contribution in [3.05, 3.63) is 11.8 Å². The Hall–Kier alpha value is -0.390. The first-order valence-electron chi connectivity index (χ1n) is 4.61. The van der Waals surface area contributed by atoms with Crippen LogP contribution in [0.3, 0.4) is 0 Å². The van der Waals surface area contributed by atoms with Crippen molar-refractivity contribution in [2.24, 2.45) is 0 Å². The largest absolute Gasteiger partial charge is 0.425 e. The summed E-state index contributed by atoms with van der Waals surface area (Å²) in [6.07, 6.45) is 2.12. The number of hydrogen-bond donors (Lipinski definition) is 0. The van der Waals surface area contributed by atoms with Crippen LogP contribution in [-0.2, 0) is 14.3 Å². The average molecular weight is 282 g/mol. The first-order valence-corrected chi connectivity index (χ1v) is 6.42. The molecule has 2 rings (SSSR count). The van der Waals surface area contributed by atoms with E-state index < -0.39 is 10.5 Å². The molecule has 2 heterocycles. The van der Waals surface area contributed by atoms with E-state index in [1.807, 2.05) is 0 Å². The molecular formula is C9H9Cl2NO3S. The standard InChI is InChI=1S/C9H9Cl2NO3S/c1-5(13)15-9(10,11)6-3-12-7(14)2-8(12)16-4-6/h3,8H,2,4H2,1H3/t8-/m0/s1. The van der Waals surface area contributed by atoms with Gasteiger partial charge in [0.05, 0.1) is 11.8 Å². The van der Waals surface area contributed by atoms with Crippen molar-refractivity contribution in [2.75, 3.05) is 5.75 Å². The third kappa shape index (κ3) is 2.17. The number of carbonyl (C=O) groups is 2. The van der Waals surface area contributed by atoms with E-state index in [2.05, 4.69) is 0 Å². The quantitative estimate of drug-likeness (QED) is 0.440. The normalized spacial score (nSPS) is 24.4. The van der Waals surface area contributed by atoms with Gasteiger partial charge in [-0.25, -0.2) is 0 Å².